The Kier molecular flexibility index (Phi) is 4.93. The summed E-state index contributed by atoms with van der Waals surface area (Å²) in [5.74, 6) is -0.305. The highest BCUT2D eigenvalue weighted by Gasteiger charge is 2.12. The van der Waals surface area contributed by atoms with E-state index in [0.29, 0.717) is 6.54 Å². The summed E-state index contributed by atoms with van der Waals surface area (Å²) in [6.07, 6.45) is 0. The second kappa shape index (κ2) is 6.69. The van der Waals surface area contributed by atoms with Gasteiger partial charge in [0.1, 0.15) is 5.82 Å². The molecule has 6 heteroatoms. The van der Waals surface area contributed by atoms with Gasteiger partial charge in [-0.15, -0.1) is 0 Å². The van der Waals surface area contributed by atoms with Gasteiger partial charge in [0.2, 0.25) is 10.0 Å². The summed E-state index contributed by atoms with van der Waals surface area (Å²) in [5.41, 5.74) is 1.75. The highest BCUT2D eigenvalue weighted by molar-refractivity contribution is 7.89. The molecule has 0 saturated heterocycles. The molecular weight excluding hydrogens is 291 g/mol. The summed E-state index contributed by atoms with van der Waals surface area (Å²) >= 11 is 0. The number of anilines is 1. The molecule has 2 aromatic rings. The summed E-state index contributed by atoms with van der Waals surface area (Å²) in [6, 6.07) is 12.6. The summed E-state index contributed by atoms with van der Waals surface area (Å²) in [4.78, 5) is 0.245. The van der Waals surface area contributed by atoms with E-state index in [1.54, 1.807) is 36.4 Å². The molecule has 0 bridgehead atoms. The second-order valence-corrected chi connectivity index (χ2v) is 6.41. The van der Waals surface area contributed by atoms with Gasteiger partial charge in [-0.2, -0.15) is 0 Å². The Hall–Kier alpha value is -1.92. The van der Waals surface area contributed by atoms with E-state index in [9.17, 15) is 12.8 Å². The Labute approximate surface area is 124 Å². The number of rotatable bonds is 6. The Bertz CT molecular complexity index is 683. The lowest BCUT2D eigenvalue weighted by Crippen LogP contribution is -2.28. The molecule has 112 valence electrons. The molecule has 0 aliphatic heterocycles. The van der Waals surface area contributed by atoms with E-state index in [4.69, 9.17) is 0 Å². The minimum absolute atomic E-state index is 0.244. The molecular formula is C15H17FN2O2S. The molecule has 0 radical (unpaired) electrons. The maximum Gasteiger partial charge on any atom is 0.240 e. The topological polar surface area (TPSA) is 58.2 Å². The van der Waals surface area contributed by atoms with E-state index in [0.717, 1.165) is 11.3 Å². The Morgan fingerprint density at radius 2 is 1.57 bits per heavy atom. The monoisotopic (exact) mass is 308 g/mol. The van der Waals surface area contributed by atoms with Gasteiger partial charge < -0.3 is 5.32 Å². The number of sulfonamides is 1. The molecule has 2 aromatic carbocycles. The first kappa shape index (κ1) is 15.5. The predicted octanol–water partition coefficient (Wildman–Crippen LogP) is 2.52. The van der Waals surface area contributed by atoms with Crippen molar-refractivity contribution in [3.8, 4) is 0 Å². The molecule has 0 heterocycles. The summed E-state index contributed by atoms with van der Waals surface area (Å²) in [7, 11) is -3.49. The molecule has 0 fully saturated rings. The van der Waals surface area contributed by atoms with Crippen molar-refractivity contribution in [3.05, 3.63) is 59.9 Å². The van der Waals surface area contributed by atoms with Crippen molar-refractivity contribution in [2.24, 2.45) is 0 Å². The summed E-state index contributed by atoms with van der Waals surface area (Å²) in [6.45, 7) is 2.56. The van der Waals surface area contributed by atoms with Gasteiger partial charge in [0.15, 0.2) is 0 Å². The molecule has 2 N–H and O–H groups in total. The molecule has 0 unspecified atom stereocenters. The van der Waals surface area contributed by atoms with Crippen molar-refractivity contribution in [2.45, 2.75) is 11.8 Å². The van der Waals surface area contributed by atoms with Crippen LogP contribution in [0.25, 0.3) is 0 Å². The van der Waals surface area contributed by atoms with Crippen molar-refractivity contribution >= 4 is 15.7 Å². The first-order valence-corrected chi connectivity index (χ1v) is 8.01. The number of hydrogen-bond donors (Lipinski definition) is 2. The Balaban J connectivity index is 1.85. The zero-order valence-corrected chi connectivity index (χ0v) is 12.5. The SMILES string of the molecule is Cc1ccc(S(=O)(=O)NCCNc2ccc(F)cc2)cc1. The minimum Gasteiger partial charge on any atom is -0.384 e. The van der Waals surface area contributed by atoms with Crippen LogP contribution in [0, 0.1) is 12.7 Å². The van der Waals surface area contributed by atoms with Crippen LogP contribution in [0.4, 0.5) is 10.1 Å². The van der Waals surface area contributed by atoms with Crippen LogP contribution in [0.15, 0.2) is 53.4 Å². The van der Waals surface area contributed by atoms with Crippen LogP contribution in [0.1, 0.15) is 5.56 Å². The lowest BCUT2D eigenvalue weighted by molar-refractivity contribution is 0.583. The maximum atomic E-state index is 12.7. The van der Waals surface area contributed by atoms with Crippen LogP contribution in [0.2, 0.25) is 0 Å². The van der Waals surface area contributed by atoms with Gasteiger partial charge in [-0.05, 0) is 43.3 Å². The van der Waals surface area contributed by atoms with Crippen molar-refractivity contribution in [1.82, 2.24) is 4.72 Å². The van der Waals surface area contributed by atoms with E-state index in [1.807, 2.05) is 6.92 Å². The largest absolute Gasteiger partial charge is 0.384 e. The van der Waals surface area contributed by atoms with Crippen LogP contribution >= 0.6 is 0 Å². The molecule has 0 spiro atoms. The normalized spacial score (nSPS) is 11.3. The lowest BCUT2D eigenvalue weighted by Gasteiger charge is -2.09. The van der Waals surface area contributed by atoms with Gasteiger partial charge in [-0.1, -0.05) is 17.7 Å². The van der Waals surface area contributed by atoms with Crippen molar-refractivity contribution in [1.29, 1.82) is 0 Å². The number of halogens is 1. The smallest absolute Gasteiger partial charge is 0.240 e. The molecule has 4 nitrogen and oxygen atoms in total. The molecule has 0 saturated carbocycles. The fourth-order valence-corrected chi connectivity index (χ4v) is 2.79. The van der Waals surface area contributed by atoms with Gasteiger partial charge in [-0.25, -0.2) is 17.5 Å². The first-order valence-electron chi connectivity index (χ1n) is 6.53. The third-order valence-electron chi connectivity index (χ3n) is 2.92. The molecule has 2 rings (SSSR count). The fourth-order valence-electron chi connectivity index (χ4n) is 1.76. The highest BCUT2D eigenvalue weighted by Crippen LogP contribution is 2.10. The highest BCUT2D eigenvalue weighted by atomic mass is 32.2. The first-order chi connectivity index (χ1) is 9.97. The molecule has 21 heavy (non-hydrogen) atoms. The number of aryl methyl sites for hydroxylation is 1. The van der Waals surface area contributed by atoms with E-state index in [1.165, 1.54) is 12.1 Å². The zero-order valence-electron chi connectivity index (χ0n) is 11.6. The zero-order chi connectivity index (χ0) is 15.3. The van der Waals surface area contributed by atoms with Crippen LogP contribution in [0.5, 0.6) is 0 Å². The number of benzene rings is 2. The van der Waals surface area contributed by atoms with Crippen molar-refractivity contribution in [2.75, 3.05) is 18.4 Å². The molecule has 0 aliphatic carbocycles. The third-order valence-corrected chi connectivity index (χ3v) is 4.40. The minimum atomic E-state index is -3.49. The maximum absolute atomic E-state index is 12.7. The van der Waals surface area contributed by atoms with E-state index < -0.39 is 10.0 Å². The predicted molar refractivity (Wildman–Crippen MR) is 81.3 cm³/mol. The van der Waals surface area contributed by atoms with Crippen molar-refractivity contribution in [3.63, 3.8) is 0 Å². The van der Waals surface area contributed by atoms with Crippen LogP contribution in [0.3, 0.4) is 0 Å². The molecule has 0 atom stereocenters. The van der Waals surface area contributed by atoms with E-state index in [-0.39, 0.29) is 17.3 Å². The Morgan fingerprint density at radius 1 is 0.952 bits per heavy atom. The van der Waals surface area contributed by atoms with Gasteiger partial charge >= 0.3 is 0 Å². The van der Waals surface area contributed by atoms with Crippen LogP contribution < -0.4 is 10.0 Å². The van der Waals surface area contributed by atoms with Crippen LogP contribution in [-0.4, -0.2) is 21.5 Å². The average Bonchev–Trinajstić information content (AvgIpc) is 2.46. The van der Waals surface area contributed by atoms with Gasteiger partial charge in [0, 0.05) is 18.8 Å². The number of nitrogens with one attached hydrogen (secondary N) is 2. The molecule has 0 aliphatic rings. The van der Waals surface area contributed by atoms with Crippen LogP contribution in [-0.2, 0) is 10.0 Å². The lowest BCUT2D eigenvalue weighted by atomic mass is 10.2. The summed E-state index contributed by atoms with van der Waals surface area (Å²) in [5, 5.41) is 3.01. The van der Waals surface area contributed by atoms with Gasteiger partial charge in [-0.3, -0.25) is 0 Å². The van der Waals surface area contributed by atoms with Gasteiger partial charge in [0.25, 0.3) is 0 Å². The number of hydrogen-bond acceptors (Lipinski definition) is 3. The average molecular weight is 308 g/mol. The Morgan fingerprint density at radius 3 is 2.19 bits per heavy atom. The quantitative estimate of drug-likeness (QED) is 0.806. The van der Waals surface area contributed by atoms with E-state index in [2.05, 4.69) is 10.0 Å². The molecule has 0 amide bonds. The van der Waals surface area contributed by atoms with Gasteiger partial charge in [0.05, 0.1) is 4.90 Å². The fraction of sp³-hybridized carbons (Fsp3) is 0.200. The van der Waals surface area contributed by atoms with Crippen molar-refractivity contribution < 1.29 is 12.8 Å². The second-order valence-electron chi connectivity index (χ2n) is 4.64. The third kappa shape index (κ3) is 4.54. The standard InChI is InChI=1S/C15H17FN2O2S/c1-12-2-8-15(9-3-12)21(19,20)18-11-10-17-14-6-4-13(16)5-7-14/h2-9,17-18H,10-11H2,1H3. The molecule has 0 aromatic heterocycles. The summed E-state index contributed by atoms with van der Waals surface area (Å²) < 4.78 is 39.3. The van der Waals surface area contributed by atoms with E-state index >= 15 is 0 Å².